The molecule has 6 heteroatoms. The monoisotopic (exact) mass is 400 g/mol. The third kappa shape index (κ3) is 3.81. The Balaban J connectivity index is 1.59. The van der Waals surface area contributed by atoms with Crippen LogP contribution >= 0.6 is 0 Å². The maximum atomic E-state index is 13.1. The molecule has 0 fully saturated rings. The number of anilines is 1. The first-order valence-electron chi connectivity index (χ1n) is 10.0. The quantitative estimate of drug-likeness (QED) is 0.726. The maximum absolute atomic E-state index is 13.1. The van der Waals surface area contributed by atoms with Crippen molar-refractivity contribution in [1.29, 1.82) is 0 Å². The van der Waals surface area contributed by atoms with Gasteiger partial charge in [-0.2, -0.15) is 0 Å². The molecule has 1 aromatic heterocycles. The van der Waals surface area contributed by atoms with Gasteiger partial charge in [-0.15, -0.1) is 0 Å². The Morgan fingerprint density at radius 3 is 2.60 bits per heavy atom. The number of hydrogen-bond acceptors (Lipinski definition) is 4. The predicted molar refractivity (Wildman–Crippen MR) is 116 cm³/mol. The summed E-state index contributed by atoms with van der Waals surface area (Å²) in [5.41, 5.74) is 5.57. The smallest absolute Gasteiger partial charge is 0.292 e. The van der Waals surface area contributed by atoms with Crippen LogP contribution in [0.5, 0.6) is 0 Å². The van der Waals surface area contributed by atoms with E-state index in [0.717, 1.165) is 33.6 Å². The molecule has 2 aromatic carbocycles. The van der Waals surface area contributed by atoms with E-state index in [1.807, 2.05) is 62.4 Å². The number of nitrogens with zero attached hydrogens (tertiary/aromatic N) is 3. The average molecular weight is 400 g/mol. The van der Waals surface area contributed by atoms with Gasteiger partial charge in [0.1, 0.15) is 6.04 Å². The molecule has 1 N–H and O–H groups in total. The molecule has 30 heavy (non-hydrogen) atoms. The number of carbonyl (C=O) groups excluding carboxylic acids is 2. The van der Waals surface area contributed by atoms with Crippen LogP contribution in [0.2, 0.25) is 0 Å². The molecular formula is C24H24N4O2. The Kier molecular flexibility index (Phi) is 5.31. The number of nitrogens with one attached hydrogen (secondary N) is 1. The summed E-state index contributed by atoms with van der Waals surface area (Å²) >= 11 is 0. The normalized spacial score (nSPS) is 15.7. The van der Waals surface area contributed by atoms with E-state index in [-0.39, 0.29) is 17.6 Å². The van der Waals surface area contributed by atoms with Gasteiger partial charge in [-0.05, 0) is 43.9 Å². The second-order valence-corrected chi connectivity index (χ2v) is 7.71. The summed E-state index contributed by atoms with van der Waals surface area (Å²) in [5, 5.41) is 2.94. The van der Waals surface area contributed by atoms with Crippen LogP contribution in [0.25, 0.3) is 11.3 Å². The minimum Gasteiger partial charge on any atom is -0.327 e. The summed E-state index contributed by atoms with van der Waals surface area (Å²) in [6.07, 6.45) is 2.91. The highest BCUT2D eigenvalue weighted by Gasteiger charge is 2.31. The fourth-order valence-electron chi connectivity index (χ4n) is 3.72. The number of aryl methyl sites for hydroxylation is 3. The third-order valence-electron chi connectivity index (χ3n) is 5.54. The SMILES string of the molecule is Cc1ccc(-c2nc(C(=O)N(C)[C@H]3CCc4ccccc4NC3=O)ncc2C)cc1. The molecule has 1 aliphatic heterocycles. The number of hydrogen-bond donors (Lipinski definition) is 1. The van der Waals surface area contributed by atoms with E-state index in [4.69, 9.17) is 0 Å². The number of benzene rings is 2. The standard InChI is InChI=1S/C24H24N4O2/c1-15-8-10-18(11-9-15)21-16(2)14-25-22(27-21)24(30)28(3)20-13-12-17-6-4-5-7-19(17)26-23(20)29/h4-11,14,20H,12-13H2,1-3H3,(H,26,29)/t20-/m0/s1. The van der Waals surface area contributed by atoms with Gasteiger partial charge in [0, 0.05) is 24.5 Å². The molecule has 1 aliphatic rings. The van der Waals surface area contributed by atoms with E-state index >= 15 is 0 Å². The summed E-state index contributed by atoms with van der Waals surface area (Å²) in [5.74, 6) is -0.468. The molecule has 0 unspecified atom stereocenters. The van der Waals surface area contributed by atoms with Crippen molar-refractivity contribution in [2.75, 3.05) is 12.4 Å². The molecule has 1 atom stereocenters. The molecule has 0 aliphatic carbocycles. The first kappa shape index (κ1) is 19.8. The largest absolute Gasteiger partial charge is 0.327 e. The van der Waals surface area contributed by atoms with Gasteiger partial charge in [-0.25, -0.2) is 9.97 Å². The van der Waals surface area contributed by atoms with Crippen LogP contribution in [0, 0.1) is 13.8 Å². The van der Waals surface area contributed by atoms with Gasteiger partial charge in [0.15, 0.2) is 0 Å². The Labute approximate surface area is 176 Å². The minimum atomic E-state index is -0.586. The number of fused-ring (bicyclic) bond motifs is 1. The Morgan fingerprint density at radius 1 is 1.10 bits per heavy atom. The van der Waals surface area contributed by atoms with Crippen LogP contribution in [-0.2, 0) is 11.2 Å². The number of carbonyl (C=O) groups is 2. The molecule has 2 heterocycles. The van der Waals surface area contributed by atoms with E-state index in [1.165, 1.54) is 4.90 Å². The fraction of sp³-hybridized carbons (Fsp3) is 0.250. The number of rotatable bonds is 3. The van der Waals surface area contributed by atoms with E-state index in [9.17, 15) is 9.59 Å². The van der Waals surface area contributed by atoms with Crippen LogP contribution in [0.4, 0.5) is 5.69 Å². The van der Waals surface area contributed by atoms with Crippen molar-refractivity contribution in [1.82, 2.24) is 14.9 Å². The summed E-state index contributed by atoms with van der Waals surface area (Å²) in [4.78, 5) is 36.2. The minimum absolute atomic E-state index is 0.0910. The van der Waals surface area contributed by atoms with Crippen molar-refractivity contribution in [3.05, 3.63) is 77.2 Å². The van der Waals surface area contributed by atoms with E-state index in [1.54, 1.807) is 13.2 Å². The van der Waals surface area contributed by atoms with Gasteiger partial charge < -0.3 is 10.2 Å². The van der Waals surface area contributed by atoms with Crippen LogP contribution in [0.3, 0.4) is 0 Å². The molecule has 2 amide bonds. The Bertz CT molecular complexity index is 1110. The molecule has 3 aromatic rings. The van der Waals surface area contributed by atoms with Gasteiger partial charge in [-0.3, -0.25) is 9.59 Å². The molecular weight excluding hydrogens is 376 g/mol. The zero-order chi connectivity index (χ0) is 21.3. The molecule has 4 rings (SSSR count). The number of para-hydroxylation sites is 1. The van der Waals surface area contributed by atoms with Crippen molar-refractivity contribution < 1.29 is 9.59 Å². The predicted octanol–water partition coefficient (Wildman–Crippen LogP) is 3.79. The lowest BCUT2D eigenvalue weighted by molar-refractivity contribution is -0.120. The maximum Gasteiger partial charge on any atom is 0.292 e. The van der Waals surface area contributed by atoms with Crippen molar-refractivity contribution in [3.63, 3.8) is 0 Å². The van der Waals surface area contributed by atoms with Crippen molar-refractivity contribution >= 4 is 17.5 Å². The van der Waals surface area contributed by atoms with Gasteiger partial charge in [0.05, 0.1) is 5.69 Å². The molecule has 152 valence electrons. The van der Waals surface area contributed by atoms with Gasteiger partial charge >= 0.3 is 0 Å². The Hall–Kier alpha value is -3.54. The van der Waals surface area contributed by atoms with Crippen LogP contribution in [-0.4, -0.2) is 39.8 Å². The summed E-state index contributed by atoms with van der Waals surface area (Å²) in [6, 6.07) is 15.1. The highest BCUT2D eigenvalue weighted by atomic mass is 16.2. The van der Waals surface area contributed by atoms with E-state index in [0.29, 0.717) is 12.8 Å². The van der Waals surface area contributed by atoms with Crippen LogP contribution in [0.15, 0.2) is 54.7 Å². The molecule has 0 saturated carbocycles. The number of likely N-dealkylation sites (N-methyl/N-ethyl adjacent to an activating group) is 1. The highest BCUT2D eigenvalue weighted by Crippen LogP contribution is 2.25. The molecule has 6 nitrogen and oxygen atoms in total. The summed E-state index contributed by atoms with van der Waals surface area (Å²) < 4.78 is 0. The Morgan fingerprint density at radius 2 is 1.83 bits per heavy atom. The highest BCUT2D eigenvalue weighted by molar-refractivity contribution is 6.00. The summed E-state index contributed by atoms with van der Waals surface area (Å²) in [7, 11) is 1.64. The van der Waals surface area contributed by atoms with E-state index in [2.05, 4.69) is 15.3 Å². The topological polar surface area (TPSA) is 75.2 Å². The van der Waals surface area contributed by atoms with Crippen molar-refractivity contribution in [2.24, 2.45) is 0 Å². The van der Waals surface area contributed by atoms with Crippen molar-refractivity contribution in [2.45, 2.75) is 32.7 Å². The van der Waals surface area contributed by atoms with Gasteiger partial charge in [0.2, 0.25) is 11.7 Å². The molecule has 0 spiro atoms. The van der Waals surface area contributed by atoms with Crippen LogP contribution in [0.1, 0.15) is 33.7 Å². The fourth-order valence-corrected chi connectivity index (χ4v) is 3.72. The average Bonchev–Trinajstić information content (AvgIpc) is 2.92. The van der Waals surface area contributed by atoms with Gasteiger partial charge in [-0.1, -0.05) is 48.0 Å². The lowest BCUT2D eigenvalue weighted by Crippen LogP contribution is -2.45. The lowest BCUT2D eigenvalue weighted by atomic mass is 10.0. The first-order valence-corrected chi connectivity index (χ1v) is 10.0. The van der Waals surface area contributed by atoms with Gasteiger partial charge in [0.25, 0.3) is 5.91 Å². The summed E-state index contributed by atoms with van der Waals surface area (Å²) in [6.45, 7) is 3.94. The molecule has 0 saturated heterocycles. The van der Waals surface area contributed by atoms with Crippen molar-refractivity contribution in [3.8, 4) is 11.3 Å². The molecule has 0 radical (unpaired) electrons. The zero-order valence-corrected chi connectivity index (χ0v) is 17.3. The number of aromatic nitrogens is 2. The second kappa shape index (κ2) is 8.06. The van der Waals surface area contributed by atoms with E-state index < -0.39 is 6.04 Å². The first-order chi connectivity index (χ1) is 14.4. The molecule has 0 bridgehead atoms. The second-order valence-electron chi connectivity index (χ2n) is 7.71. The van der Waals surface area contributed by atoms with Crippen LogP contribution < -0.4 is 5.32 Å². The zero-order valence-electron chi connectivity index (χ0n) is 17.3. The number of amides is 2. The lowest BCUT2D eigenvalue weighted by Gasteiger charge is -2.25. The third-order valence-corrected chi connectivity index (χ3v) is 5.54.